The Morgan fingerprint density at radius 2 is 2.13 bits per heavy atom. The number of methoxy groups -OCH3 is 2. The van der Waals surface area contributed by atoms with Gasteiger partial charge in [-0.2, -0.15) is 0 Å². The molecule has 5 nitrogen and oxygen atoms in total. The van der Waals surface area contributed by atoms with E-state index in [0.29, 0.717) is 17.1 Å². The highest BCUT2D eigenvalue weighted by Crippen LogP contribution is 2.35. The fourth-order valence-electron chi connectivity index (χ4n) is 1.26. The topological polar surface area (TPSA) is 68.1 Å². The van der Waals surface area contributed by atoms with Crippen LogP contribution in [0.5, 0.6) is 17.2 Å². The lowest BCUT2D eigenvalue weighted by atomic mass is 10.1. The van der Waals surface area contributed by atoms with Gasteiger partial charge in [0, 0.05) is 11.6 Å². The normalized spacial score (nSPS) is 9.20. The van der Waals surface area contributed by atoms with Crippen LogP contribution >= 0.6 is 0 Å². The summed E-state index contributed by atoms with van der Waals surface area (Å²) in [4.78, 5) is 13.4. The summed E-state index contributed by atoms with van der Waals surface area (Å²) in [5.74, 6) is 0.881. The van der Waals surface area contributed by atoms with Gasteiger partial charge in [-0.25, -0.2) is 9.79 Å². The zero-order valence-corrected chi connectivity index (χ0v) is 8.48. The molecule has 0 heterocycles. The predicted octanol–water partition coefficient (Wildman–Crippen LogP) is 1.25. The molecule has 0 radical (unpaired) electrons. The first-order valence-electron chi connectivity index (χ1n) is 4.20. The predicted molar refractivity (Wildman–Crippen MR) is 53.0 cm³/mol. The third-order valence-corrected chi connectivity index (χ3v) is 1.85. The Balaban J connectivity index is 3.21. The summed E-state index contributed by atoms with van der Waals surface area (Å²) in [5, 5.41) is 9.37. The molecule has 0 bridgehead atoms. The van der Waals surface area contributed by atoms with E-state index >= 15 is 0 Å². The minimum absolute atomic E-state index is 0.0312. The lowest BCUT2D eigenvalue weighted by Crippen LogP contribution is -1.95. The Kier molecular flexibility index (Phi) is 3.71. The van der Waals surface area contributed by atoms with Crippen LogP contribution < -0.4 is 9.47 Å². The van der Waals surface area contributed by atoms with Gasteiger partial charge >= 0.3 is 0 Å². The van der Waals surface area contributed by atoms with Crippen molar-refractivity contribution in [3.63, 3.8) is 0 Å². The molecule has 0 saturated heterocycles. The third kappa shape index (κ3) is 2.48. The van der Waals surface area contributed by atoms with Gasteiger partial charge in [-0.05, 0) is 6.07 Å². The molecule has 1 aromatic carbocycles. The van der Waals surface area contributed by atoms with Crippen LogP contribution in [0.2, 0.25) is 0 Å². The quantitative estimate of drug-likeness (QED) is 0.598. The van der Waals surface area contributed by atoms with Crippen molar-refractivity contribution in [3.8, 4) is 17.2 Å². The molecular formula is C10H11NO4. The minimum Gasteiger partial charge on any atom is -0.508 e. The van der Waals surface area contributed by atoms with Crippen molar-refractivity contribution in [2.24, 2.45) is 4.99 Å². The SMILES string of the molecule is COc1cc(O)cc(CN=C=O)c1OC. The minimum atomic E-state index is 0.0312. The molecular weight excluding hydrogens is 198 g/mol. The highest BCUT2D eigenvalue weighted by molar-refractivity contribution is 5.51. The smallest absolute Gasteiger partial charge is 0.235 e. The van der Waals surface area contributed by atoms with Gasteiger partial charge in [-0.15, -0.1) is 0 Å². The van der Waals surface area contributed by atoms with Gasteiger partial charge in [-0.1, -0.05) is 0 Å². The Labute approximate surface area is 87.0 Å². The highest BCUT2D eigenvalue weighted by atomic mass is 16.5. The second-order valence-electron chi connectivity index (χ2n) is 2.75. The van der Waals surface area contributed by atoms with E-state index in [0.717, 1.165) is 0 Å². The molecule has 1 N–H and O–H groups in total. The lowest BCUT2D eigenvalue weighted by Gasteiger charge is -2.11. The fraction of sp³-hybridized carbons (Fsp3) is 0.300. The van der Waals surface area contributed by atoms with Crippen molar-refractivity contribution in [3.05, 3.63) is 17.7 Å². The second-order valence-corrected chi connectivity index (χ2v) is 2.75. The summed E-state index contributed by atoms with van der Waals surface area (Å²) in [6.07, 6.45) is 1.42. The van der Waals surface area contributed by atoms with Crippen molar-refractivity contribution in [2.45, 2.75) is 6.54 Å². The molecule has 5 heteroatoms. The average Bonchev–Trinajstić information content (AvgIpc) is 2.25. The maximum absolute atomic E-state index is 9.99. The first-order valence-corrected chi connectivity index (χ1v) is 4.20. The summed E-state index contributed by atoms with van der Waals surface area (Å²) in [6.45, 7) is 0.0947. The number of ether oxygens (including phenoxy) is 2. The van der Waals surface area contributed by atoms with Crippen LogP contribution in [0.4, 0.5) is 0 Å². The number of benzene rings is 1. The standard InChI is InChI=1S/C10H11NO4/c1-14-9-4-8(13)3-7(5-11-6-12)10(9)15-2/h3-4,13H,5H2,1-2H3. The van der Waals surface area contributed by atoms with Crippen molar-refractivity contribution in [1.29, 1.82) is 0 Å². The van der Waals surface area contributed by atoms with Gasteiger partial charge in [0.05, 0.1) is 20.8 Å². The van der Waals surface area contributed by atoms with Crippen LogP contribution in [0, 0.1) is 0 Å². The second kappa shape index (κ2) is 5.02. The van der Waals surface area contributed by atoms with E-state index in [1.165, 1.54) is 32.4 Å². The van der Waals surface area contributed by atoms with Gasteiger partial charge in [0.15, 0.2) is 11.5 Å². The van der Waals surface area contributed by atoms with Crippen molar-refractivity contribution in [1.82, 2.24) is 0 Å². The van der Waals surface area contributed by atoms with Gasteiger partial charge in [0.25, 0.3) is 0 Å². The summed E-state index contributed by atoms with van der Waals surface area (Å²) in [5.41, 5.74) is 0.567. The zero-order valence-electron chi connectivity index (χ0n) is 8.48. The highest BCUT2D eigenvalue weighted by Gasteiger charge is 2.11. The van der Waals surface area contributed by atoms with E-state index in [-0.39, 0.29) is 12.3 Å². The molecule has 80 valence electrons. The van der Waals surface area contributed by atoms with Crippen molar-refractivity contribution in [2.75, 3.05) is 14.2 Å². The molecule has 0 aliphatic rings. The summed E-state index contributed by atoms with van der Waals surface area (Å²) in [6, 6.07) is 2.88. The number of aromatic hydroxyl groups is 1. The first-order chi connectivity index (χ1) is 7.22. The first kappa shape index (κ1) is 11.1. The monoisotopic (exact) mass is 209 g/mol. The average molecular weight is 209 g/mol. The van der Waals surface area contributed by atoms with Crippen LogP contribution in [-0.4, -0.2) is 25.4 Å². The lowest BCUT2D eigenvalue weighted by molar-refractivity contribution is 0.348. The maximum Gasteiger partial charge on any atom is 0.235 e. The molecule has 0 unspecified atom stereocenters. The van der Waals surface area contributed by atoms with Crippen LogP contribution in [0.15, 0.2) is 17.1 Å². The number of phenolic OH excluding ortho intramolecular Hbond substituents is 1. The van der Waals surface area contributed by atoms with E-state index in [1.807, 2.05) is 0 Å². The zero-order chi connectivity index (χ0) is 11.3. The van der Waals surface area contributed by atoms with Gasteiger partial charge in [0.1, 0.15) is 5.75 Å². The van der Waals surface area contributed by atoms with E-state index < -0.39 is 0 Å². The number of phenols is 1. The Morgan fingerprint density at radius 1 is 1.40 bits per heavy atom. The molecule has 0 saturated carbocycles. The molecule has 0 aliphatic carbocycles. The van der Waals surface area contributed by atoms with Crippen LogP contribution in [0.1, 0.15) is 5.56 Å². The summed E-state index contributed by atoms with van der Waals surface area (Å²) in [7, 11) is 2.94. The number of hydrogen-bond donors (Lipinski definition) is 1. The molecule has 15 heavy (non-hydrogen) atoms. The fourth-order valence-corrected chi connectivity index (χ4v) is 1.26. The Morgan fingerprint density at radius 3 is 2.67 bits per heavy atom. The number of rotatable bonds is 4. The maximum atomic E-state index is 9.99. The van der Waals surface area contributed by atoms with Gasteiger partial charge in [-0.3, -0.25) is 0 Å². The number of carbonyl (C=O) groups excluding carboxylic acids is 1. The third-order valence-electron chi connectivity index (χ3n) is 1.85. The molecule has 0 amide bonds. The van der Waals surface area contributed by atoms with Crippen LogP contribution in [-0.2, 0) is 11.3 Å². The molecule has 0 spiro atoms. The number of aliphatic imine (C=N–C) groups is 1. The Hall–Kier alpha value is -2.00. The van der Waals surface area contributed by atoms with Crippen molar-refractivity contribution < 1.29 is 19.4 Å². The van der Waals surface area contributed by atoms with E-state index in [2.05, 4.69) is 4.99 Å². The van der Waals surface area contributed by atoms with Crippen LogP contribution in [0.25, 0.3) is 0 Å². The summed E-state index contributed by atoms with van der Waals surface area (Å²) >= 11 is 0. The van der Waals surface area contributed by atoms with E-state index in [9.17, 15) is 9.90 Å². The van der Waals surface area contributed by atoms with E-state index in [1.54, 1.807) is 0 Å². The Bertz CT molecular complexity index is 397. The van der Waals surface area contributed by atoms with Gasteiger partial charge in [0.2, 0.25) is 6.08 Å². The number of hydrogen-bond acceptors (Lipinski definition) is 5. The largest absolute Gasteiger partial charge is 0.508 e. The molecule has 0 aliphatic heterocycles. The van der Waals surface area contributed by atoms with Crippen molar-refractivity contribution >= 4 is 6.08 Å². The molecule has 1 rings (SSSR count). The summed E-state index contributed by atoms with van der Waals surface area (Å²) < 4.78 is 10.1. The molecule has 1 aromatic rings. The molecule has 0 fully saturated rings. The van der Waals surface area contributed by atoms with E-state index in [4.69, 9.17) is 9.47 Å². The van der Waals surface area contributed by atoms with Gasteiger partial charge < -0.3 is 14.6 Å². The molecule has 0 atom stereocenters. The number of isocyanates is 1. The van der Waals surface area contributed by atoms with Crippen LogP contribution in [0.3, 0.4) is 0 Å². The number of nitrogens with zero attached hydrogens (tertiary/aromatic N) is 1. The molecule has 0 aromatic heterocycles.